The van der Waals surface area contributed by atoms with Crippen molar-refractivity contribution in [2.45, 2.75) is 85.8 Å². The van der Waals surface area contributed by atoms with Crippen LogP contribution in [0, 0.1) is 5.92 Å². The van der Waals surface area contributed by atoms with Crippen molar-refractivity contribution < 1.29 is 129 Å². The first kappa shape index (κ1) is 54.0. The van der Waals surface area contributed by atoms with Crippen LogP contribution in [-0.4, -0.2) is 193 Å². The maximum atomic E-state index is 15.3. The Morgan fingerprint density at radius 3 is 2.07 bits per heavy atom. The lowest BCUT2D eigenvalue weighted by Gasteiger charge is -2.40. The molecule has 2 aliphatic carbocycles. The van der Waals surface area contributed by atoms with Gasteiger partial charge in [-0.1, -0.05) is 12.1 Å². The van der Waals surface area contributed by atoms with Gasteiger partial charge in [0, 0.05) is 30.1 Å². The Morgan fingerprint density at radius 2 is 1.43 bits per heavy atom. The van der Waals surface area contributed by atoms with Gasteiger partial charge in [-0.2, -0.15) is 0 Å². The minimum atomic E-state index is -2.17. The van der Waals surface area contributed by atoms with Gasteiger partial charge >= 0.3 is 29.8 Å². The zero-order valence-electron chi connectivity index (χ0n) is 37.9. The number of benzene rings is 3. The zero-order chi connectivity index (χ0) is 54.0. The molecule has 0 saturated carbocycles. The minimum absolute atomic E-state index is 0.135. The lowest BCUT2D eigenvalue weighted by molar-refractivity contribution is -0.277. The van der Waals surface area contributed by atoms with E-state index < -0.39 is 186 Å². The van der Waals surface area contributed by atoms with Crippen molar-refractivity contribution in [3.63, 3.8) is 0 Å². The molecule has 1 saturated heterocycles. The van der Waals surface area contributed by atoms with E-state index in [0.717, 1.165) is 66.8 Å². The Hall–Kier alpha value is -7.79. The SMILES string of the molecule is O=C(C=Cc1ccc(O)c(O)c1)O[C@H]1[C@@H]([C@@H](O)CO)OC(C(=O)O)=C[C@H]1OC(=O)[C@@H]1C(C(=O)O[C@@H]2CC(C(=O)O)=C[C@@H](O)[C@H]2O)=Cc2cc(O)c(O[C@@H]3O[C@H](CO)[C@@H](O)[C@H](O)[C@H]3O)cc2[C@H]1c1ccc(O)c(O)c1. The van der Waals surface area contributed by atoms with Gasteiger partial charge in [-0.25, -0.2) is 19.2 Å². The van der Waals surface area contributed by atoms with Crippen LogP contribution in [0.2, 0.25) is 0 Å². The van der Waals surface area contributed by atoms with Crippen LogP contribution < -0.4 is 4.74 Å². The number of esters is 3. The molecule has 7 rings (SSSR count). The van der Waals surface area contributed by atoms with Crippen molar-refractivity contribution in [1.82, 2.24) is 0 Å². The largest absolute Gasteiger partial charge is 0.504 e. The average molecular weight is 1040 g/mol. The maximum Gasteiger partial charge on any atom is 0.370 e. The van der Waals surface area contributed by atoms with Gasteiger partial charge in [0.1, 0.15) is 48.8 Å². The van der Waals surface area contributed by atoms with Crippen molar-refractivity contribution in [3.8, 4) is 34.5 Å². The molecular weight excluding hydrogens is 993 g/mol. The maximum absolute atomic E-state index is 15.3. The predicted molar refractivity (Wildman–Crippen MR) is 240 cm³/mol. The molecule has 396 valence electrons. The number of carboxylic acid groups (broad SMARTS) is 2. The van der Waals surface area contributed by atoms with Crippen molar-refractivity contribution in [1.29, 1.82) is 0 Å². The molecule has 14 atom stereocenters. The molecule has 1 fully saturated rings. The lowest BCUT2D eigenvalue weighted by atomic mass is 9.71. The van der Waals surface area contributed by atoms with Crippen LogP contribution in [0.3, 0.4) is 0 Å². The van der Waals surface area contributed by atoms with Gasteiger partial charge in [-0.3, -0.25) is 4.79 Å². The number of fused-ring (bicyclic) bond motifs is 1. The summed E-state index contributed by atoms with van der Waals surface area (Å²) in [6.07, 6.45) is -19.7. The number of carbonyl (C=O) groups excluding carboxylic acids is 3. The molecule has 15 N–H and O–H groups in total. The predicted octanol–water partition coefficient (Wildman–Crippen LogP) is -2.16. The molecule has 2 heterocycles. The van der Waals surface area contributed by atoms with Crippen LogP contribution in [0.5, 0.6) is 34.5 Å². The third kappa shape index (κ3) is 11.2. The van der Waals surface area contributed by atoms with Gasteiger partial charge in [0.2, 0.25) is 12.0 Å². The fourth-order valence-corrected chi connectivity index (χ4v) is 8.59. The summed E-state index contributed by atoms with van der Waals surface area (Å²) in [5.74, 6) is -16.7. The number of ether oxygens (including phenoxy) is 6. The van der Waals surface area contributed by atoms with Crippen molar-refractivity contribution in [3.05, 3.63) is 106 Å². The number of aliphatic carboxylic acids is 2. The van der Waals surface area contributed by atoms with Gasteiger partial charge in [0.05, 0.1) is 24.7 Å². The molecule has 0 bridgehead atoms. The highest BCUT2D eigenvalue weighted by atomic mass is 16.7. The molecule has 2 aliphatic heterocycles. The summed E-state index contributed by atoms with van der Waals surface area (Å²) in [5.41, 5.74) is -1.61. The zero-order valence-corrected chi connectivity index (χ0v) is 37.9. The summed E-state index contributed by atoms with van der Waals surface area (Å²) in [7, 11) is 0. The molecule has 74 heavy (non-hydrogen) atoms. The highest BCUT2D eigenvalue weighted by Gasteiger charge is 2.50. The number of carboxylic acids is 2. The quantitative estimate of drug-likeness (QED) is 0.0334. The molecule has 0 unspecified atom stereocenters. The van der Waals surface area contributed by atoms with E-state index >= 15 is 4.79 Å². The molecule has 4 aliphatic rings. The summed E-state index contributed by atoms with van der Waals surface area (Å²) >= 11 is 0. The Balaban J connectivity index is 1.37. The molecule has 3 aromatic carbocycles. The van der Waals surface area contributed by atoms with E-state index in [2.05, 4.69) is 0 Å². The molecule has 0 aromatic heterocycles. The van der Waals surface area contributed by atoms with Crippen LogP contribution in [0.15, 0.2) is 83.7 Å². The fraction of sp³-hybridized carbons (Fsp3) is 0.354. The standard InChI is InChI=1S/C48H48O26/c49-15-29(57)42-43(74-35(58)6-2-17-1-4-23(51)25(53)7-17)32(14-33(69-42)45(65)66)71-47(68)37-22(46(67)70-31-12-20(44(63)64)11-28(56)38(31)59)8-19-10-27(55)30(72-48-41(62)40(61)39(60)34(16-50)73-48)13-21(19)36(37)18-3-5-24(52)26(54)9-18/h1-11,13-14,28-29,31-32,34,36-43,48-57,59-62H,12,15-16H2,(H,63,64)(H,65,66)/t28-,29+,31-,32-,34-,36-,37-,38-,39-,40+,41-,42-,43-,48-/m1/s1. The summed E-state index contributed by atoms with van der Waals surface area (Å²) in [6, 6.07) is 8.42. The average Bonchev–Trinajstić information content (AvgIpc) is 3.36. The van der Waals surface area contributed by atoms with E-state index in [1.165, 1.54) is 6.07 Å². The second-order valence-corrected chi connectivity index (χ2v) is 17.2. The minimum Gasteiger partial charge on any atom is -0.504 e. The lowest BCUT2D eigenvalue weighted by Crippen LogP contribution is -2.60. The number of phenolic OH excluding ortho intramolecular Hbond substituents is 5. The van der Waals surface area contributed by atoms with Gasteiger partial charge in [-0.15, -0.1) is 0 Å². The second-order valence-electron chi connectivity index (χ2n) is 17.2. The van der Waals surface area contributed by atoms with Crippen molar-refractivity contribution >= 4 is 42.0 Å². The van der Waals surface area contributed by atoms with Crippen LogP contribution in [0.25, 0.3) is 12.2 Å². The third-order valence-corrected chi connectivity index (χ3v) is 12.4. The van der Waals surface area contributed by atoms with Gasteiger partial charge in [0.25, 0.3) is 0 Å². The molecule has 26 nitrogen and oxygen atoms in total. The summed E-state index contributed by atoms with van der Waals surface area (Å²) < 4.78 is 33.6. The number of hydrogen-bond donors (Lipinski definition) is 15. The fourth-order valence-electron chi connectivity index (χ4n) is 8.59. The highest BCUT2D eigenvalue weighted by molar-refractivity contribution is 6.02. The van der Waals surface area contributed by atoms with Gasteiger partial charge < -0.3 is 105 Å². The molecule has 0 radical (unpaired) electrons. The van der Waals surface area contributed by atoms with Crippen LogP contribution >= 0.6 is 0 Å². The van der Waals surface area contributed by atoms with E-state index in [9.17, 15) is 95.8 Å². The van der Waals surface area contributed by atoms with Crippen molar-refractivity contribution in [2.24, 2.45) is 5.92 Å². The first-order valence-electron chi connectivity index (χ1n) is 22.1. The Labute approximate surface area is 415 Å². The molecule has 26 heteroatoms. The second kappa shape index (κ2) is 22.1. The van der Waals surface area contributed by atoms with Crippen LogP contribution in [0.1, 0.15) is 34.6 Å². The van der Waals surface area contributed by atoms with E-state index in [-0.39, 0.29) is 22.3 Å². The molecular formula is C48H48O26. The molecule has 0 spiro atoms. The number of aromatic hydroxyl groups is 5. The number of hydrogen-bond acceptors (Lipinski definition) is 24. The number of phenols is 5. The summed E-state index contributed by atoms with van der Waals surface area (Å²) in [4.78, 5) is 67.7. The topological polar surface area (TPSA) is 444 Å². The van der Waals surface area contributed by atoms with E-state index in [4.69, 9.17) is 28.4 Å². The Morgan fingerprint density at radius 1 is 0.743 bits per heavy atom. The summed E-state index contributed by atoms with van der Waals surface area (Å²) in [6.45, 7) is -2.05. The number of rotatable bonds is 15. The molecule has 3 aromatic rings. The van der Waals surface area contributed by atoms with E-state index in [0.29, 0.717) is 6.08 Å². The van der Waals surface area contributed by atoms with E-state index in [1.54, 1.807) is 0 Å². The monoisotopic (exact) mass is 1040 g/mol. The smallest absolute Gasteiger partial charge is 0.370 e. The van der Waals surface area contributed by atoms with Crippen LogP contribution in [0.4, 0.5) is 0 Å². The number of aliphatic hydroxyl groups is 8. The number of carbonyl (C=O) groups is 5. The normalized spacial score (nSPS) is 29.0. The van der Waals surface area contributed by atoms with Crippen LogP contribution in [-0.2, 0) is 47.7 Å². The Bertz CT molecular complexity index is 2800. The number of aliphatic hydroxyl groups excluding tert-OH is 8. The van der Waals surface area contributed by atoms with Gasteiger partial charge in [-0.05, 0) is 76.9 Å². The van der Waals surface area contributed by atoms with E-state index in [1.807, 2.05) is 0 Å². The van der Waals surface area contributed by atoms with Crippen molar-refractivity contribution in [2.75, 3.05) is 13.2 Å². The highest BCUT2D eigenvalue weighted by Crippen LogP contribution is 2.49. The third-order valence-electron chi connectivity index (χ3n) is 12.4. The van der Waals surface area contributed by atoms with Gasteiger partial charge in [0.15, 0.2) is 52.8 Å². The Kier molecular flexibility index (Phi) is 16.2. The summed E-state index contributed by atoms with van der Waals surface area (Å²) in [5, 5.41) is 156. The first-order valence-corrected chi connectivity index (χ1v) is 22.1. The first-order chi connectivity index (χ1) is 35.0. The molecule has 0 amide bonds.